The van der Waals surface area contributed by atoms with Crippen LogP contribution in [-0.4, -0.2) is 72.7 Å². The number of hydrogen-bond donors (Lipinski definition) is 1. The molecule has 13 heteroatoms. The first kappa shape index (κ1) is 27.5. The van der Waals surface area contributed by atoms with Gasteiger partial charge >= 0.3 is 0 Å². The molecule has 0 bridgehead atoms. The lowest BCUT2D eigenvalue weighted by molar-refractivity contribution is -0.128. The van der Waals surface area contributed by atoms with Gasteiger partial charge in [0.05, 0.1) is 28.8 Å². The lowest BCUT2D eigenvalue weighted by Gasteiger charge is -2.26. The van der Waals surface area contributed by atoms with E-state index in [1.54, 1.807) is 0 Å². The molecule has 37 heavy (non-hydrogen) atoms. The van der Waals surface area contributed by atoms with Crippen LogP contribution in [0.25, 0.3) is 0 Å². The number of benzene rings is 2. The second-order valence-corrected chi connectivity index (χ2v) is 11.9. The minimum atomic E-state index is -3.77. The van der Waals surface area contributed by atoms with Gasteiger partial charge in [0.1, 0.15) is 11.1 Å². The molecule has 2 saturated heterocycles. The lowest BCUT2D eigenvalue weighted by Crippen LogP contribution is -2.40. The van der Waals surface area contributed by atoms with E-state index in [1.165, 1.54) is 51.7 Å². The molecule has 2 aromatic carbocycles. The maximum absolute atomic E-state index is 13.1. The summed E-state index contributed by atoms with van der Waals surface area (Å²) in [7, 11) is -3.77. The summed E-state index contributed by atoms with van der Waals surface area (Å²) >= 11 is 7.48. The van der Waals surface area contributed by atoms with E-state index in [9.17, 15) is 22.4 Å². The number of nitrogens with zero attached hydrogens (tertiary/aromatic N) is 3. The molecular weight excluding hydrogens is 543 g/mol. The highest BCUT2D eigenvalue weighted by Gasteiger charge is 2.39. The van der Waals surface area contributed by atoms with Gasteiger partial charge in [-0.2, -0.15) is 4.31 Å². The molecule has 1 atom stereocenters. The predicted molar refractivity (Wildman–Crippen MR) is 141 cm³/mol. The average Bonchev–Trinajstić information content (AvgIpc) is 3.16. The van der Waals surface area contributed by atoms with Gasteiger partial charge in [0, 0.05) is 31.7 Å². The number of carbonyl (C=O) groups excluding carboxylic acids is 2. The summed E-state index contributed by atoms with van der Waals surface area (Å²) in [6.07, 6.45) is 0.540. The van der Waals surface area contributed by atoms with Crippen molar-refractivity contribution in [3.05, 3.63) is 53.3 Å². The van der Waals surface area contributed by atoms with Crippen molar-refractivity contribution in [1.29, 1.82) is 0 Å². The van der Waals surface area contributed by atoms with Crippen LogP contribution in [0.15, 0.2) is 52.4 Å². The molecule has 9 nitrogen and oxygen atoms in total. The molecule has 2 aliphatic rings. The Morgan fingerprint density at radius 3 is 2.59 bits per heavy atom. The number of thioether (sulfide) groups is 1. The van der Waals surface area contributed by atoms with Crippen molar-refractivity contribution in [3.8, 4) is 0 Å². The Kier molecular flexibility index (Phi) is 8.86. The lowest BCUT2D eigenvalue weighted by atomic mass is 10.2. The topological polar surface area (TPSA) is 108 Å². The summed E-state index contributed by atoms with van der Waals surface area (Å²) in [5.41, 5.74) is 0.634. The number of morpholine rings is 1. The van der Waals surface area contributed by atoms with E-state index in [2.05, 4.69) is 10.3 Å². The van der Waals surface area contributed by atoms with Crippen molar-refractivity contribution in [2.24, 2.45) is 4.99 Å². The van der Waals surface area contributed by atoms with Gasteiger partial charge in [-0.05, 0) is 48.9 Å². The number of sulfonamides is 1. The summed E-state index contributed by atoms with van der Waals surface area (Å²) < 4.78 is 45.9. The Morgan fingerprint density at radius 2 is 1.92 bits per heavy atom. The van der Waals surface area contributed by atoms with Crippen molar-refractivity contribution in [1.82, 2.24) is 9.21 Å². The van der Waals surface area contributed by atoms with Crippen LogP contribution >= 0.6 is 23.4 Å². The zero-order valence-electron chi connectivity index (χ0n) is 20.0. The SMILES string of the molecule is CCCN1C(=O)[C@H](CC(=O)Nc2ccc(F)cc2)SC1=Nc1cc(S(=O)(=O)N2CCOCC2)ccc1Cl. The minimum absolute atomic E-state index is 0.0461. The van der Waals surface area contributed by atoms with Crippen LogP contribution in [0.4, 0.5) is 15.8 Å². The molecule has 0 aromatic heterocycles. The van der Waals surface area contributed by atoms with Gasteiger partial charge < -0.3 is 10.1 Å². The fraction of sp³-hybridized carbons (Fsp3) is 0.375. The standard InChI is InChI=1S/C24H26ClFN4O5S2/c1-2-9-30-23(32)21(15-22(31)27-17-5-3-16(26)4-6-17)36-24(30)28-20-14-18(7-8-19(20)25)37(33,34)29-10-12-35-13-11-29/h3-8,14,21H,2,9-13,15H2,1H3,(H,27,31)/t21-/m0/s1. The number of ether oxygens (including phenoxy) is 1. The molecule has 0 unspecified atom stereocenters. The van der Waals surface area contributed by atoms with Crippen LogP contribution in [-0.2, 0) is 24.3 Å². The fourth-order valence-corrected chi connectivity index (χ4v) is 6.61. The number of halogens is 2. The van der Waals surface area contributed by atoms with E-state index < -0.39 is 27.0 Å². The Balaban J connectivity index is 1.55. The van der Waals surface area contributed by atoms with Gasteiger partial charge in [0.25, 0.3) is 0 Å². The normalized spacial score (nSPS) is 20.0. The van der Waals surface area contributed by atoms with Crippen molar-refractivity contribution < 1.29 is 27.1 Å². The van der Waals surface area contributed by atoms with E-state index in [-0.39, 0.29) is 41.0 Å². The molecule has 0 aliphatic carbocycles. The summed E-state index contributed by atoms with van der Waals surface area (Å²) in [4.78, 5) is 31.7. The highest BCUT2D eigenvalue weighted by atomic mass is 35.5. The van der Waals surface area contributed by atoms with Crippen molar-refractivity contribution >= 4 is 61.7 Å². The van der Waals surface area contributed by atoms with Crippen LogP contribution < -0.4 is 5.32 Å². The van der Waals surface area contributed by atoms with Gasteiger partial charge in [-0.1, -0.05) is 30.3 Å². The van der Waals surface area contributed by atoms with Gasteiger partial charge in [-0.15, -0.1) is 0 Å². The fourth-order valence-electron chi connectivity index (χ4n) is 3.85. The molecule has 4 rings (SSSR count). The molecule has 2 heterocycles. The second-order valence-electron chi connectivity index (χ2n) is 8.38. The number of carbonyl (C=O) groups is 2. The maximum Gasteiger partial charge on any atom is 0.243 e. The van der Waals surface area contributed by atoms with Crippen LogP contribution in [0.3, 0.4) is 0 Å². The minimum Gasteiger partial charge on any atom is -0.379 e. The molecular formula is C24H26ClFN4O5S2. The first-order valence-electron chi connectivity index (χ1n) is 11.7. The van der Waals surface area contributed by atoms with Crippen molar-refractivity contribution in [3.63, 3.8) is 0 Å². The molecule has 2 aliphatic heterocycles. The van der Waals surface area contributed by atoms with E-state index in [0.717, 1.165) is 11.8 Å². The van der Waals surface area contributed by atoms with Crippen LogP contribution in [0.2, 0.25) is 5.02 Å². The number of amidine groups is 1. The molecule has 0 spiro atoms. The van der Waals surface area contributed by atoms with E-state index in [4.69, 9.17) is 16.3 Å². The van der Waals surface area contributed by atoms with Gasteiger partial charge in [-0.3, -0.25) is 14.5 Å². The monoisotopic (exact) mass is 568 g/mol. The number of rotatable bonds is 8. The maximum atomic E-state index is 13.1. The highest BCUT2D eigenvalue weighted by molar-refractivity contribution is 8.15. The Morgan fingerprint density at radius 1 is 1.22 bits per heavy atom. The molecule has 2 amide bonds. The zero-order valence-corrected chi connectivity index (χ0v) is 22.4. The Labute approximate surface area is 224 Å². The van der Waals surface area contributed by atoms with E-state index in [1.807, 2.05) is 6.92 Å². The van der Waals surface area contributed by atoms with Crippen LogP contribution in [0.5, 0.6) is 0 Å². The second kappa shape index (κ2) is 11.9. The summed E-state index contributed by atoms with van der Waals surface area (Å²) in [6.45, 7) is 3.44. The smallest absolute Gasteiger partial charge is 0.243 e. The van der Waals surface area contributed by atoms with Crippen LogP contribution in [0.1, 0.15) is 19.8 Å². The number of anilines is 1. The number of amides is 2. The highest BCUT2D eigenvalue weighted by Crippen LogP contribution is 2.35. The summed E-state index contributed by atoms with van der Waals surface area (Å²) in [5.74, 6) is -1.09. The molecule has 0 radical (unpaired) electrons. The third-order valence-corrected chi connectivity index (χ3v) is 9.10. The number of aliphatic imine (C=N–C) groups is 1. The van der Waals surface area contributed by atoms with E-state index in [0.29, 0.717) is 37.0 Å². The van der Waals surface area contributed by atoms with Gasteiger partial charge in [0.2, 0.25) is 21.8 Å². The summed E-state index contributed by atoms with van der Waals surface area (Å²) in [5, 5.41) is 2.52. The number of nitrogens with one attached hydrogen (secondary N) is 1. The van der Waals surface area contributed by atoms with Gasteiger partial charge in [-0.25, -0.2) is 17.8 Å². The van der Waals surface area contributed by atoms with Crippen molar-refractivity contribution in [2.75, 3.05) is 38.2 Å². The molecule has 2 aromatic rings. The Hall–Kier alpha value is -2.51. The van der Waals surface area contributed by atoms with Gasteiger partial charge in [0.15, 0.2) is 5.17 Å². The zero-order chi connectivity index (χ0) is 26.6. The molecule has 2 fully saturated rings. The third-order valence-electron chi connectivity index (χ3n) is 5.71. The Bertz CT molecular complexity index is 1300. The average molecular weight is 569 g/mol. The third kappa shape index (κ3) is 6.50. The molecule has 1 N–H and O–H groups in total. The van der Waals surface area contributed by atoms with E-state index >= 15 is 0 Å². The number of hydrogen-bond acceptors (Lipinski definition) is 7. The van der Waals surface area contributed by atoms with Crippen molar-refractivity contribution in [2.45, 2.75) is 29.9 Å². The first-order valence-corrected chi connectivity index (χ1v) is 14.4. The first-order chi connectivity index (χ1) is 17.7. The summed E-state index contributed by atoms with van der Waals surface area (Å²) in [6, 6.07) is 9.62. The largest absolute Gasteiger partial charge is 0.379 e. The molecule has 0 saturated carbocycles. The van der Waals surface area contributed by atoms with Crippen LogP contribution in [0, 0.1) is 5.82 Å². The predicted octanol–water partition coefficient (Wildman–Crippen LogP) is 3.87. The molecule has 198 valence electrons. The quantitative estimate of drug-likeness (QED) is 0.518.